The first-order valence-corrected chi connectivity index (χ1v) is 6.99. The number of rotatable bonds is 5. The molecule has 2 aromatic rings. The van der Waals surface area contributed by atoms with Crippen LogP contribution >= 0.6 is 22.6 Å². The molecular weight excluding hydrogens is 344 g/mol. The minimum Gasteiger partial charge on any atom is -0.469 e. The van der Waals surface area contributed by atoms with E-state index in [4.69, 9.17) is 4.42 Å². The molecule has 0 amide bonds. The van der Waals surface area contributed by atoms with Crippen molar-refractivity contribution in [2.75, 3.05) is 6.54 Å². The Balaban J connectivity index is 2.23. The molecule has 0 saturated heterocycles. The minimum atomic E-state index is -0.198. The number of likely N-dealkylation sites (N-methyl/N-ethyl adjacent to an activating group) is 1. The SMILES string of the molecule is CCNC(Cc1ccco1)c1ccc(F)cc1I. The molecule has 1 atom stereocenters. The molecule has 1 N–H and O–H groups in total. The van der Waals surface area contributed by atoms with Crippen molar-refractivity contribution in [3.63, 3.8) is 0 Å². The molecule has 1 aromatic carbocycles. The molecule has 0 aliphatic heterocycles. The van der Waals surface area contributed by atoms with E-state index in [-0.39, 0.29) is 11.9 Å². The van der Waals surface area contributed by atoms with E-state index in [0.717, 1.165) is 27.9 Å². The van der Waals surface area contributed by atoms with E-state index in [1.165, 1.54) is 6.07 Å². The van der Waals surface area contributed by atoms with Crippen LogP contribution in [0.5, 0.6) is 0 Å². The summed E-state index contributed by atoms with van der Waals surface area (Å²) in [5, 5.41) is 3.41. The fourth-order valence-corrected chi connectivity index (χ4v) is 2.81. The van der Waals surface area contributed by atoms with Crippen molar-refractivity contribution in [3.05, 3.63) is 57.3 Å². The van der Waals surface area contributed by atoms with Gasteiger partial charge in [0.15, 0.2) is 0 Å². The number of benzene rings is 1. The number of halogens is 2. The summed E-state index contributed by atoms with van der Waals surface area (Å²) in [6.07, 6.45) is 2.44. The molecule has 18 heavy (non-hydrogen) atoms. The molecule has 2 nitrogen and oxygen atoms in total. The van der Waals surface area contributed by atoms with E-state index < -0.39 is 0 Å². The summed E-state index contributed by atoms with van der Waals surface area (Å²) in [7, 11) is 0. The summed E-state index contributed by atoms with van der Waals surface area (Å²) in [5.41, 5.74) is 1.11. The quantitative estimate of drug-likeness (QED) is 0.819. The van der Waals surface area contributed by atoms with Crippen LogP contribution in [0.2, 0.25) is 0 Å². The molecular formula is C14H15FINO. The fraction of sp³-hybridized carbons (Fsp3) is 0.286. The van der Waals surface area contributed by atoms with Crippen molar-refractivity contribution in [2.45, 2.75) is 19.4 Å². The average molecular weight is 359 g/mol. The van der Waals surface area contributed by atoms with Gasteiger partial charge < -0.3 is 9.73 Å². The minimum absolute atomic E-state index is 0.147. The highest BCUT2D eigenvalue weighted by Gasteiger charge is 2.15. The van der Waals surface area contributed by atoms with Gasteiger partial charge in [-0.3, -0.25) is 0 Å². The van der Waals surface area contributed by atoms with E-state index in [9.17, 15) is 4.39 Å². The van der Waals surface area contributed by atoms with Gasteiger partial charge in [-0.1, -0.05) is 13.0 Å². The van der Waals surface area contributed by atoms with Gasteiger partial charge >= 0.3 is 0 Å². The zero-order valence-electron chi connectivity index (χ0n) is 10.1. The highest BCUT2D eigenvalue weighted by Crippen LogP contribution is 2.24. The van der Waals surface area contributed by atoms with Crippen LogP contribution in [0.4, 0.5) is 4.39 Å². The lowest BCUT2D eigenvalue weighted by atomic mass is 10.0. The van der Waals surface area contributed by atoms with Crippen LogP contribution in [0.1, 0.15) is 24.3 Å². The maximum absolute atomic E-state index is 13.1. The van der Waals surface area contributed by atoms with Crippen molar-refractivity contribution in [1.82, 2.24) is 5.32 Å². The predicted octanol–water partition coefficient (Wildman–Crippen LogP) is 3.92. The van der Waals surface area contributed by atoms with Crippen LogP contribution < -0.4 is 5.32 Å². The molecule has 0 bridgehead atoms. The van der Waals surface area contributed by atoms with Gasteiger partial charge in [0.1, 0.15) is 11.6 Å². The van der Waals surface area contributed by atoms with E-state index in [2.05, 4.69) is 34.8 Å². The molecule has 2 rings (SSSR count). The van der Waals surface area contributed by atoms with Crippen LogP contribution in [-0.2, 0) is 6.42 Å². The topological polar surface area (TPSA) is 25.2 Å². The molecule has 0 radical (unpaired) electrons. The molecule has 1 aromatic heterocycles. The van der Waals surface area contributed by atoms with Crippen LogP contribution in [0.15, 0.2) is 41.0 Å². The molecule has 0 aliphatic carbocycles. The Labute approximate surface area is 120 Å². The Morgan fingerprint density at radius 2 is 2.22 bits per heavy atom. The Morgan fingerprint density at radius 1 is 1.39 bits per heavy atom. The van der Waals surface area contributed by atoms with E-state index in [1.807, 2.05) is 18.2 Å². The van der Waals surface area contributed by atoms with Gasteiger partial charge in [-0.2, -0.15) is 0 Å². The average Bonchev–Trinajstić information content (AvgIpc) is 2.81. The van der Waals surface area contributed by atoms with E-state index >= 15 is 0 Å². The van der Waals surface area contributed by atoms with Gasteiger partial charge in [-0.25, -0.2) is 4.39 Å². The Bertz CT molecular complexity index is 499. The van der Waals surface area contributed by atoms with Gasteiger partial charge in [0.05, 0.1) is 6.26 Å². The normalized spacial score (nSPS) is 12.6. The Kier molecular flexibility index (Phi) is 4.77. The second-order valence-electron chi connectivity index (χ2n) is 4.06. The lowest BCUT2D eigenvalue weighted by Gasteiger charge is -2.18. The summed E-state index contributed by atoms with van der Waals surface area (Å²) >= 11 is 2.17. The summed E-state index contributed by atoms with van der Waals surface area (Å²) in [6.45, 7) is 2.92. The second kappa shape index (κ2) is 6.33. The zero-order valence-corrected chi connectivity index (χ0v) is 12.3. The van der Waals surface area contributed by atoms with E-state index in [0.29, 0.717) is 0 Å². The lowest BCUT2D eigenvalue weighted by molar-refractivity contribution is 0.454. The standard InChI is InChI=1S/C14H15FINO/c1-2-17-14(9-11-4-3-7-18-11)12-6-5-10(15)8-13(12)16/h3-8,14,17H,2,9H2,1H3. The molecule has 0 fully saturated rings. The number of hydrogen-bond donors (Lipinski definition) is 1. The van der Waals surface area contributed by atoms with Gasteiger partial charge in [0, 0.05) is 16.0 Å². The second-order valence-corrected chi connectivity index (χ2v) is 5.22. The maximum atomic E-state index is 13.1. The van der Waals surface area contributed by atoms with Crippen molar-refractivity contribution in [1.29, 1.82) is 0 Å². The number of nitrogens with one attached hydrogen (secondary N) is 1. The monoisotopic (exact) mass is 359 g/mol. The highest BCUT2D eigenvalue weighted by molar-refractivity contribution is 14.1. The van der Waals surface area contributed by atoms with Crippen LogP contribution in [0.3, 0.4) is 0 Å². The summed E-state index contributed by atoms with van der Waals surface area (Å²) in [6, 6.07) is 8.89. The lowest BCUT2D eigenvalue weighted by Crippen LogP contribution is -2.23. The van der Waals surface area contributed by atoms with Crippen molar-refractivity contribution >= 4 is 22.6 Å². The molecule has 1 heterocycles. The molecule has 0 aliphatic rings. The number of hydrogen-bond acceptors (Lipinski definition) is 2. The number of furan rings is 1. The van der Waals surface area contributed by atoms with Crippen LogP contribution in [-0.4, -0.2) is 6.54 Å². The Morgan fingerprint density at radius 3 is 2.83 bits per heavy atom. The first-order valence-electron chi connectivity index (χ1n) is 5.91. The third-order valence-corrected chi connectivity index (χ3v) is 3.71. The Hall–Kier alpha value is -0.880. The van der Waals surface area contributed by atoms with Gasteiger partial charge in [-0.05, 0) is 59.0 Å². The van der Waals surface area contributed by atoms with Gasteiger partial charge in [0.2, 0.25) is 0 Å². The molecule has 1 unspecified atom stereocenters. The highest BCUT2D eigenvalue weighted by atomic mass is 127. The van der Waals surface area contributed by atoms with Gasteiger partial charge in [0.25, 0.3) is 0 Å². The zero-order chi connectivity index (χ0) is 13.0. The van der Waals surface area contributed by atoms with Crippen molar-refractivity contribution in [2.24, 2.45) is 0 Å². The summed E-state index contributed by atoms with van der Waals surface area (Å²) < 4.78 is 19.4. The van der Waals surface area contributed by atoms with Crippen molar-refractivity contribution < 1.29 is 8.81 Å². The van der Waals surface area contributed by atoms with E-state index in [1.54, 1.807) is 12.3 Å². The maximum Gasteiger partial charge on any atom is 0.124 e. The van der Waals surface area contributed by atoms with Gasteiger partial charge in [-0.15, -0.1) is 0 Å². The first kappa shape index (κ1) is 13.5. The molecule has 0 saturated carbocycles. The van der Waals surface area contributed by atoms with Crippen molar-refractivity contribution in [3.8, 4) is 0 Å². The fourth-order valence-electron chi connectivity index (χ4n) is 1.95. The molecule has 4 heteroatoms. The first-order chi connectivity index (χ1) is 8.70. The third kappa shape index (κ3) is 3.32. The largest absolute Gasteiger partial charge is 0.469 e. The van der Waals surface area contributed by atoms with Crippen LogP contribution in [0, 0.1) is 9.39 Å². The third-order valence-electron chi connectivity index (χ3n) is 2.77. The molecule has 96 valence electrons. The van der Waals surface area contributed by atoms with Crippen LogP contribution in [0.25, 0.3) is 0 Å². The summed E-state index contributed by atoms with van der Waals surface area (Å²) in [5.74, 6) is 0.734. The smallest absolute Gasteiger partial charge is 0.124 e. The predicted molar refractivity (Wildman–Crippen MR) is 77.9 cm³/mol. The summed E-state index contributed by atoms with van der Waals surface area (Å²) in [4.78, 5) is 0. The molecule has 0 spiro atoms.